The van der Waals surface area contributed by atoms with Crippen molar-refractivity contribution in [2.45, 2.75) is 38.5 Å². The lowest BCUT2D eigenvalue weighted by Crippen LogP contribution is -2.35. The molecule has 2 aromatic carbocycles. The molecule has 10 heteroatoms. The summed E-state index contributed by atoms with van der Waals surface area (Å²) >= 11 is 0. The van der Waals surface area contributed by atoms with Crippen molar-refractivity contribution < 1.29 is 31.1 Å². The van der Waals surface area contributed by atoms with Crippen molar-refractivity contribution in [1.82, 2.24) is 0 Å². The second kappa shape index (κ2) is 7.79. The highest BCUT2D eigenvalue weighted by Crippen LogP contribution is 2.43. The fraction of sp³-hybridized carbons (Fsp3) is 0.348. The monoisotopic (exact) mass is 480 g/mol. The molecule has 0 fully saturated rings. The molecule has 2 heterocycles. The van der Waals surface area contributed by atoms with Gasteiger partial charge in [-0.1, -0.05) is 12.1 Å². The lowest BCUT2D eigenvalue weighted by Gasteiger charge is -2.34. The van der Waals surface area contributed by atoms with Crippen LogP contribution < -0.4 is 14.4 Å². The van der Waals surface area contributed by atoms with E-state index in [9.17, 15) is 26.4 Å². The van der Waals surface area contributed by atoms with Gasteiger partial charge in [0.2, 0.25) is 15.9 Å². The number of hydrogen-bond acceptors (Lipinski definition) is 4. The highest BCUT2D eigenvalue weighted by atomic mass is 32.2. The Morgan fingerprint density at radius 3 is 2.64 bits per heavy atom. The number of alkyl halides is 3. The van der Waals surface area contributed by atoms with E-state index in [0.29, 0.717) is 34.5 Å². The molecule has 4 rings (SSSR count). The molecule has 0 bridgehead atoms. The van der Waals surface area contributed by atoms with Crippen molar-refractivity contribution in [2.75, 3.05) is 22.4 Å². The Morgan fingerprint density at radius 2 is 1.94 bits per heavy atom. The van der Waals surface area contributed by atoms with E-state index in [1.165, 1.54) is 23.5 Å². The lowest BCUT2D eigenvalue weighted by atomic mass is 9.88. The summed E-state index contributed by atoms with van der Waals surface area (Å²) in [4.78, 5) is 12.9. The summed E-state index contributed by atoms with van der Waals surface area (Å²) in [6, 6.07) is 8.26. The number of anilines is 2. The summed E-state index contributed by atoms with van der Waals surface area (Å²) in [6.45, 7) is 3.48. The van der Waals surface area contributed by atoms with E-state index in [0.717, 1.165) is 12.1 Å². The number of sulfonamides is 1. The Labute approximate surface area is 190 Å². The summed E-state index contributed by atoms with van der Waals surface area (Å²) < 4.78 is 70.7. The summed E-state index contributed by atoms with van der Waals surface area (Å²) in [5.41, 5.74) is 1.07. The largest absolute Gasteiger partial charge is 0.487 e. The van der Waals surface area contributed by atoms with Crippen molar-refractivity contribution in [3.63, 3.8) is 0 Å². The first kappa shape index (κ1) is 23.2. The van der Waals surface area contributed by atoms with Crippen molar-refractivity contribution in [3.8, 4) is 5.75 Å². The van der Waals surface area contributed by atoms with Crippen LogP contribution in [0.3, 0.4) is 0 Å². The van der Waals surface area contributed by atoms with Crippen molar-refractivity contribution in [1.29, 1.82) is 0 Å². The third-order valence-corrected chi connectivity index (χ3v) is 7.49. The van der Waals surface area contributed by atoms with Gasteiger partial charge < -0.3 is 10.1 Å². The Kier molecular flexibility index (Phi) is 5.47. The fourth-order valence-electron chi connectivity index (χ4n) is 4.16. The van der Waals surface area contributed by atoms with Gasteiger partial charge in [0, 0.05) is 36.4 Å². The van der Waals surface area contributed by atoms with Crippen LogP contribution in [0.4, 0.5) is 24.5 Å². The quantitative estimate of drug-likeness (QED) is 0.637. The highest BCUT2D eigenvalue weighted by molar-refractivity contribution is 7.92. The zero-order valence-electron chi connectivity index (χ0n) is 18.3. The predicted octanol–water partition coefficient (Wildman–Crippen LogP) is 4.61. The third-order valence-electron chi connectivity index (χ3n) is 5.74. The van der Waals surface area contributed by atoms with E-state index in [4.69, 9.17) is 4.74 Å². The highest BCUT2D eigenvalue weighted by Gasteiger charge is 2.35. The molecule has 176 valence electrons. The number of nitrogens with one attached hydrogen (secondary N) is 1. The van der Waals surface area contributed by atoms with Crippen molar-refractivity contribution in [2.24, 2.45) is 0 Å². The van der Waals surface area contributed by atoms with E-state index in [1.54, 1.807) is 32.0 Å². The molecule has 0 aromatic heterocycles. The van der Waals surface area contributed by atoms with Crippen LogP contribution in [-0.2, 0) is 27.4 Å². The van der Waals surface area contributed by atoms with Crippen LogP contribution in [0.2, 0.25) is 0 Å². The standard InChI is InChI=1S/C23H23F3N2O4S/c1-22(2)13-14(16-8-7-15(23(24,25)26)12-20(16)32-22)11-21(29)27-18-5-4-6-19-17(18)9-10-33(30,31)28(19)3/h4-8,11-12H,9-10,13H2,1-3H3,(H,27,29)/b14-11+. The first-order chi connectivity index (χ1) is 15.3. The molecule has 6 nitrogen and oxygen atoms in total. The van der Waals surface area contributed by atoms with Gasteiger partial charge in [-0.25, -0.2) is 8.42 Å². The molecule has 0 saturated carbocycles. The Morgan fingerprint density at radius 1 is 1.21 bits per heavy atom. The molecule has 0 aliphatic carbocycles. The first-order valence-corrected chi connectivity index (χ1v) is 11.9. The van der Waals surface area contributed by atoms with Crippen LogP contribution in [0.5, 0.6) is 5.75 Å². The van der Waals surface area contributed by atoms with E-state index < -0.39 is 33.3 Å². The molecule has 2 aliphatic rings. The van der Waals surface area contributed by atoms with Crippen LogP contribution in [0.15, 0.2) is 42.5 Å². The van der Waals surface area contributed by atoms with Gasteiger partial charge in [-0.2, -0.15) is 13.2 Å². The summed E-state index contributed by atoms with van der Waals surface area (Å²) in [5.74, 6) is -0.452. The molecule has 1 amide bonds. The molecular weight excluding hydrogens is 457 g/mol. The minimum atomic E-state index is -4.51. The molecule has 0 saturated heterocycles. The van der Waals surface area contributed by atoms with Crippen LogP contribution in [0.1, 0.15) is 37.0 Å². The smallest absolute Gasteiger partial charge is 0.416 e. The second-order valence-corrected chi connectivity index (χ2v) is 10.9. The number of carbonyl (C=O) groups excluding carboxylic acids is 1. The maximum atomic E-state index is 13.1. The molecule has 1 N–H and O–H groups in total. The zero-order chi connectivity index (χ0) is 24.2. The SMILES string of the molecule is CN1c2cccc(NC(=O)/C=C3\CC(C)(C)Oc4cc(C(F)(F)F)ccc43)c2CCS1(=O)=O. The van der Waals surface area contributed by atoms with Gasteiger partial charge in [-0.3, -0.25) is 9.10 Å². The maximum Gasteiger partial charge on any atom is 0.416 e. The molecule has 0 atom stereocenters. The number of nitrogens with zero attached hydrogens (tertiary/aromatic N) is 1. The molecule has 0 spiro atoms. The van der Waals surface area contributed by atoms with Crippen LogP contribution in [0, 0.1) is 0 Å². The van der Waals surface area contributed by atoms with Gasteiger partial charge in [0.1, 0.15) is 11.4 Å². The van der Waals surface area contributed by atoms with Crippen LogP contribution >= 0.6 is 0 Å². The number of rotatable bonds is 2. The average Bonchev–Trinajstić information content (AvgIpc) is 2.69. The summed E-state index contributed by atoms with van der Waals surface area (Å²) in [7, 11) is -1.92. The number of halogens is 3. The number of carbonyl (C=O) groups is 1. The van der Waals surface area contributed by atoms with Crippen molar-refractivity contribution in [3.05, 3.63) is 59.2 Å². The Balaban J connectivity index is 1.66. The van der Waals surface area contributed by atoms with Gasteiger partial charge in [-0.15, -0.1) is 0 Å². The van der Waals surface area contributed by atoms with Gasteiger partial charge in [0.15, 0.2) is 0 Å². The molecular formula is C23H23F3N2O4S. The molecule has 0 unspecified atom stereocenters. The molecule has 2 aromatic rings. The molecule has 0 radical (unpaired) electrons. The third kappa shape index (κ3) is 4.57. The minimum absolute atomic E-state index is 0.0646. The van der Waals surface area contributed by atoms with Gasteiger partial charge in [-0.05, 0) is 50.1 Å². The lowest BCUT2D eigenvalue weighted by molar-refractivity contribution is -0.137. The van der Waals surface area contributed by atoms with Crippen molar-refractivity contribution >= 4 is 32.9 Å². The zero-order valence-corrected chi connectivity index (χ0v) is 19.1. The van der Waals surface area contributed by atoms with E-state index in [1.807, 2.05) is 0 Å². The number of ether oxygens (including phenoxy) is 1. The van der Waals surface area contributed by atoms with E-state index in [-0.39, 0.29) is 17.9 Å². The maximum absolute atomic E-state index is 13.1. The molecule has 33 heavy (non-hydrogen) atoms. The summed E-state index contributed by atoms with van der Waals surface area (Å²) in [6.07, 6.45) is -2.56. The second-order valence-electron chi connectivity index (χ2n) is 8.74. The normalized spacial score (nSPS) is 19.9. The average molecular weight is 481 g/mol. The van der Waals surface area contributed by atoms with E-state index >= 15 is 0 Å². The number of hydrogen-bond donors (Lipinski definition) is 1. The van der Waals surface area contributed by atoms with E-state index in [2.05, 4.69) is 5.32 Å². The Bertz CT molecular complexity index is 1270. The Hall–Kier alpha value is -3.01. The van der Waals surface area contributed by atoms with Gasteiger partial charge in [0.25, 0.3) is 0 Å². The predicted molar refractivity (Wildman–Crippen MR) is 120 cm³/mol. The van der Waals surface area contributed by atoms with Gasteiger partial charge >= 0.3 is 6.18 Å². The number of benzene rings is 2. The van der Waals surface area contributed by atoms with Crippen LogP contribution in [0.25, 0.3) is 5.57 Å². The molecule has 2 aliphatic heterocycles. The fourth-order valence-corrected chi connectivity index (χ4v) is 5.37. The minimum Gasteiger partial charge on any atom is -0.487 e. The summed E-state index contributed by atoms with van der Waals surface area (Å²) in [5, 5.41) is 2.80. The van der Waals surface area contributed by atoms with Crippen LogP contribution in [-0.4, -0.2) is 32.7 Å². The number of amides is 1. The number of fused-ring (bicyclic) bond motifs is 2. The first-order valence-electron chi connectivity index (χ1n) is 10.3. The van der Waals surface area contributed by atoms with Gasteiger partial charge in [0.05, 0.1) is 17.0 Å². The topological polar surface area (TPSA) is 75.7 Å².